The molecular weight excluding hydrogens is 470 g/mol. The molecule has 0 fully saturated rings. The van der Waals surface area contributed by atoms with Crippen LogP contribution >= 0.6 is 23.2 Å². The average Bonchev–Trinajstić information content (AvgIpc) is 2.78. The molecule has 3 rings (SSSR count). The number of ether oxygens (including phenoxy) is 2. The summed E-state index contributed by atoms with van der Waals surface area (Å²) in [4.78, 5) is 25.9. The number of nitrogens with two attached hydrogens (primary N) is 1. The van der Waals surface area contributed by atoms with Gasteiger partial charge in [0, 0.05) is 30.3 Å². The number of hydrogen-bond donors (Lipinski definition) is 1. The quantitative estimate of drug-likeness (QED) is 0.440. The first-order chi connectivity index (χ1) is 15.7. The lowest BCUT2D eigenvalue weighted by atomic mass is 10.0. The van der Waals surface area contributed by atoms with Gasteiger partial charge in [0.1, 0.15) is 18.2 Å². The van der Waals surface area contributed by atoms with Gasteiger partial charge in [-0.05, 0) is 48.0 Å². The summed E-state index contributed by atoms with van der Waals surface area (Å²) < 4.78 is 25.2. The van der Waals surface area contributed by atoms with Crippen molar-refractivity contribution in [3.8, 4) is 16.9 Å². The number of methoxy groups -OCH3 is 1. The predicted molar refractivity (Wildman–Crippen MR) is 127 cm³/mol. The van der Waals surface area contributed by atoms with Crippen LogP contribution in [0.15, 0.2) is 54.6 Å². The molecule has 0 saturated heterocycles. The van der Waals surface area contributed by atoms with Gasteiger partial charge in [0.2, 0.25) is 5.91 Å². The SMILES string of the molecule is COCCOc1cc(-c2cc(C(N)=O)ccc2Cl)ccc1N(C)C(=O)c1c(F)cccc1Cl. The van der Waals surface area contributed by atoms with Crippen LogP contribution in [0.4, 0.5) is 10.1 Å². The first-order valence-corrected chi connectivity index (χ1v) is 10.6. The number of nitrogens with zero attached hydrogens (tertiary/aromatic N) is 1. The van der Waals surface area contributed by atoms with Crippen LogP contribution in [0.2, 0.25) is 10.0 Å². The monoisotopic (exact) mass is 490 g/mol. The first-order valence-electron chi connectivity index (χ1n) is 9.82. The Balaban J connectivity index is 2.06. The summed E-state index contributed by atoms with van der Waals surface area (Å²) in [6.45, 7) is 0.503. The lowest BCUT2D eigenvalue weighted by Gasteiger charge is -2.22. The smallest absolute Gasteiger partial charge is 0.262 e. The Morgan fingerprint density at radius 3 is 2.45 bits per heavy atom. The van der Waals surface area contributed by atoms with E-state index in [9.17, 15) is 14.0 Å². The molecule has 0 saturated carbocycles. The summed E-state index contributed by atoms with van der Waals surface area (Å²) >= 11 is 12.4. The Labute approximate surface area is 200 Å². The molecule has 0 aliphatic carbocycles. The van der Waals surface area contributed by atoms with Crippen molar-refractivity contribution in [2.75, 3.05) is 32.3 Å². The predicted octanol–water partition coefficient (Wildman–Crippen LogP) is 5.20. The number of halogens is 3. The van der Waals surface area contributed by atoms with Crippen LogP contribution in [0.5, 0.6) is 5.75 Å². The molecule has 9 heteroatoms. The molecule has 172 valence electrons. The van der Waals surface area contributed by atoms with Gasteiger partial charge in [-0.15, -0.1) is 0 Å². The zero-order valence-electron chi connectivity index (χ0n) is 17.9. The lowest BCUT2D eigenvalue weighted by Crippen LogP contribution is -2.28. The third-order valence-electron chi connectivity index (χ3n) is 4.91. The number of carbonyl (C=O) groups excluding carboxylic acids is 2. The summed E-state index contributed by atoms with van der Waals surface area (Å²) in [7, 11) is 3.02. The van der Waals surface area contributed by atoms with Crippen LogP contribution < -0.4 is 15.4 Å². The highest BCUT2D eigenvalue weighted by molar-refractivity contribution is 6.34. The number of benzene rings is 3. The second-order valence-electron chi connectivity index (χ2n) is 7.04. The van der Waals surface area contributed by atoms with E-state index in [-0.39, 0.29) is 17.2 Å². The number of amides is 2. The van der Waals surface area contributed by atoms with Gasteiger partial charge in [-0.3, -0.25) is 9.59 Å². The van der Waals surface area contributed by atoms with Crippen molar-refractivity contribution in [2.24, 2.45) is 5.73 Å². The van der Waals surface area contributed by atoms with Crippen molar-refractivity contribution in [3.05, 3.63) is 81.6 Å². The van der Waals surface area contributed by atoms with E-state index in [4.69, 9.17) is 38.4 Å². The highest BCUT2D eigenvalue weighted by Gasteiger charge is 2.23. The number of rotatable bonds is 8. The summed E-state index contributed by atoms with van der Waals surface area (Å²) in [6.07, 6.45) is 0. The number of primary amides is 1. The standard InChI is InChI=1S/C24H21Cl2FN2O4/c1-29(24(31)22-18(26)4-3-5-19(22)27)20-9-7-14(13-21(20)33-11-10-32-2)16-12-15(23(28)30)6-8-17(16)25/h3-9,12-13H,10-11H2,1-2H3,(H2,28,30). The molecule has 3 aromatic rings. The van der Waals surface area contributed by atoms with Gasteiger partial charge < -0.3 is 20.1 Å². The minimum atomic E-state index is -0.729. The lowest BCUT2D eigenvalue weighted by molar-refractivity contribution is 0.0983. The van der Waals surface area contributed by atoms with Crippen molar-refractivity contribution < 1.29 is 23.5 Å². The molecule has 33 heavy (non-hydrogen) atoms. The second-order valence-corrected chi connectivity index (χ2v) is 7.86. The zero-order chi connectivity index (χ0) is 24.1. The van der Waals surface area contributed by atoms with E-state index in [1.165, 1.54) is 43.3 Å². The van der Waals surface area contributed by atoms with Gasteiger partial charge in [0.15, 0.2) is 0 Å². The number of anilines is 1. The van der Waals surface area contributed by atoms with E-state index in [0.717, 1.165) is 0 Å². The Kier molecular flexibility index (Phi) is 7.92. The average molecular weight is 491 g/mol. The van der Waals surface area contributed by atoms with Crippen molar-refractivity contribution in [2.45, 2.75) is 0 Å². The number of hydrogen-bond acceptors (Lipinski definition) is 4. The largest absolute Gasteiger partial charge is 0.489 e. The van der Waals surface area contributed by atoms with Crippen LogP contribution in [-0.4, -0.2) is 39.2 Å². The highest BCUT2D eigenvalue weighted by atomic mass is 35.5. The van der Waals surface area contributed by atoms with Gasteiger partial charge >= 0.3 is 0 Å². The Bertz CT molecular complexity index is 1180. The molecule has 0 spiro atoms. The molecule has 6 nitrogen and oxygen atoms in total. The van der Waals surface area contributed by atoms with E-state index in [1.54, 1.807) is 30.3 Å². The van der Waals surface area contributed by atoms with Crippen LogP contribution in [0.25, 0.3) is 11.1 Å². The fourth-order valence-electron chi connectivity index (χ4n) is 3.19. The number of carbonyl (C=O) groups is 2. The fraction of sp³-hybridized carbons (Fsp3) is 0.167. The fourth-order valence-corrected chi connectivity index (χ4v) is 3.66. The maximum atomic E-state index is 14.3. The zero-order valence-corrected chi connectivity index (χ0v) is 19.4. The maximum absolute atomic E-state index is 14.3. The third-order valence-corrected chi connectivity index (χ3v) is 5.55. The Morgan fingerprint density at radius 2 is 1.79 bits per heavy atom. The van der Waals surface area contributed by atoms with Crippen LogP contribution in [0, 0.1) is 5.82 Å². The molecule has 0 heterocycles. The van der Waals surface area contributed by atoms with E-state index < -0.39 is 17.6 Å². The van der Waals surface area contributed by atoms with Gasteiger partial charge in [-0.1, -0.05) is 35.3 Å². The van der Waals surface area contributed by atoms with E-state index in [2.05, 4.69) is 0 Å². The van der Waals surface area contributed by atoms with E-state index in [0.29, 0.717) is 39.8 Å². The van der Waals surface area contributed by atoms with Crippen molar-refractivity contribution in [1.82, 2.24) is 0 Å². The van der Waals surface area contributed by atoms with E-state index in [1.807, 2.05) is 0 Å². The highest BCUT2D eigenvalue weighted by Crippen LogP contribution is 2.37. The molecule has 0 bridgehead atoms. The molecule has 0 radical (unpaired) electrons. The molecule has 0 aromatic heterocycles. The Morgan fingerprint density at radius 1 is 1.03 bits per heavy atom. The van der Waals surface area contributed by atoms with Crippen LogP contribution in [0.1, 0.15) is 20.7 Å². The second kappa shape index (κ2) is 10.7. The minimum Gasteiger partial charge on any atom is -0.489 e. The first kappa shape index (κ1) is 24.5. The van der Waals surface area contributed by atoms with Gasteiger partial charge in [0.25, 0.3) is 5.91 Å². The maximum Gasteiger partial charge on any atom is 0.262 e. The van der Waals surface area contributed by atoms with Gasteiger partial charge in [-0.2, -0.15) is 0 Å². The van der Waals surface area contributed by atoms with Crippen LogP contribution in [0.3, 0.4) is 0 Å². The van der Waals surface area contributed by atoms with Crippen molar-refractivity contribution in [3.63, 3.8) is 0 Å². The molecule has 3 aromatic carbocycles. The minimum absolute atomic E-state index is 0.000343. The topological polar surface area (TPSA) is 81.9 Å². The van der Waals surface area contributed by atoms with Gasteiger partial charge in [-0.25, -0.2) is 4.39 Å². The molecule has 2 N–H and O–H groups in total. The molecular formula is C24H21Cl2FN2O4. The summed E-state index contributed by atoms with van der Waals surface area (Å²) in [6, 6.07) is 13.7. The van der Waals surface area contributed by atoms with Crippen molar-refractivity contribution in [1.29, 1.82) is 0 Å². The summed E-state index contributed by atoms with van der Waals surface area (Å²) in [5, 5.41) is 0.401. The summed E-state index contributed by atoms with van der Waals surface area (Å²) in [5.74, 6) is -1.63. The molecule has 0 aliphatic rings. The van der Waals surface area contributed by atoms with Crippen molar-refractivity contribution >= 4 is 40.7 Å². The van der Waals surface area contributed by atoms with Crippen LogP contribution in [-0.2, 0) is 4.74 Å². The molecule has 0 unspecified atom stereocenters. The van der Waals surface area contributed by atoms with Gasteiger partial charge in [0.05, 0.1) is 22.9 Å². The molecule has 0 aliphatic heterocycles. The molecule has 2 amide bonds. The molecule has 0 atom stereocenters. The van der Waals surface area contributed by atoms with E-state index >= 15 is 0 Å². The summed E-state index contributed by atoms with van der Waals surface area (Å²) in [5.41, 5.74) is 7.00. The Hall–Kier alpha value is -3.13. The normalized spacial score (nSPS) is 10.7. The third kappa shape index (κ3) is 5.45.